The zero-order chi connectivity index (χ0) is 15.0. The third-order valence-electron chi connectivity index (χ3n) is 3.77. The van der Waals surface area contributed by atoms with Crippen molar-refractivity contribution >= 4 is 22.1 Å². The Bertz CT molecular complexity index is 792. The summed E-state index contributed by atoms with van der Waals surface area (Å²) in [5, 5.41) is 5.59. The number of pyridine rings is 1. The van der Waals surface area contributed by atoms with Gasteiger partial charge in [0.2, 0.25) is 0 Å². The van der Waals surface area contributed by atoms with Crippen LogP contribution in [0.2, 0.25) is 0 Å². The summed E-state index contributed by atoms with van der Waals surface area (Å²) in [5.41, 5.74) is 8.98. The standard InChI is InChI=1S/C17H19N3O/c1-10-8-14(12(3)21-10)11(2)20-17-5-4-16(18)15-9-19-7-6-13(15)17/h4-9,11,20H,18H2,1-3H3. The molecule has 0 amide bonds. The molecule has 21 heavy (non-hydrogen) atoms. The summed E-state index contributed by atoms with van der Waals surface area (Å²) in [5.74, 6) is 1.89. The van der Waals surface area contributed by atoms with Crippen LogP contribution in [-0.2, 0) is 0 Å². The fourth-order valence-electron chi connectivity index (χ4n) is 2.73. The summed E-state index contributed by atoms with van der Waals surface area (Å²) in [6, 6.07) is 8.13. The molecular weight excluding hydrogens is 262 g/mol. The van der Waals surface area contributed by atoms with Gasteiger partial charge in [0.1, 0.15) is 11.5 Å². The lowest BCUT2D eigenvalue weighted by Crippen LogP contribution is -2.07. The molecule has 0 aliphatic rings. The van der Waals surface area contributed by atoms with Crippen LogP contribution in [0.1, 0.15) is 30.0 Å². The van der Waals surface area contributed by atoms with Crippen molar-refractivity contribution in [2.75, 3.05) is 11.1 Å². The molecule has 4 heteroatoms. The fourth-order valence-corrected chi connectivity index (χ4v) is 2.73. The summed E-state index contributed by atoms with van der Waals surface area (Å²) in [6.45, 7) is 6.08. The third-order valence-corrected chi connectivity index (χ3v) is 3.77. The van der Waals surface area contributed by atoms with Gasteiger partial charge in [0.05, 0.1) is 6.04 Å². The number of benzene rings is 1. The number of nitrogens with zero attached hydrogens (tertiary/aromatic N) is 1. The molecule has 3 rings (SSSR count). The lowest BCUT2D eigenvalue weighted by atomic mass is 10.1. The molecule has 3 N–H and O–H groups in total. The molecule has 1 aromatic carbocycles. The quantitative estimate of drug-likeness (QED) is 0.706. The topological polar surface area (TPSA) is 64.1 Å². The van der Waals surface area contributed by atoms with Gasteiger partial charge in [-0.05, 0) is 45.0 Å². The Morgan fingerprint density at radius 2 is 2.00 bits per heavy atom. The maximum Gasteiger partial charge on any atom is 0.106 e. The van der Waals surface area contributed by atoms with Crippen LogP contribution in [0.25, 0.3) is 10.8 Å². The van der Waals surface area contributed by atoms with E-state index in [1.54, 1.807) is 12.4 Å². The second-order valence-electron chi connectivity index (χ2n) is 5.36. The van der Waals surface area contributed by atoms with E-state index in [2.05, 4.69) is 23.3 Å². The highest BCUT2D eigenvalue weighted by Gasteiger charge is 2.14. The molecule has 4 nitrogen and oxygen atoms in total. The van der Waals surface area contributed by atoms with Gasteiger partial charge in [-0.15, -0.1) is 0 Å². The molecule has 0 spiro atoms. The molecule has 0 aliphatic heterocycles. The minimum absolute atomic E-state index is 0.155. The molecule has 0 bridgehead atoms. The van der Waals surface area contributed by atoms with E-state index in [-0.39, 0.29) is 6.04 Å². The summed E-state index contributed by atoms with van der Waals surface area (Å²) in [4.78, 5) is 4.15. The van der Waals surface area contributed by atoms with Gasteiger partial charge in [-0.3, -0.25) is 4.98 Å². The molecule has 1 unspecified atom stereocenters. The monoisotopic (exact) mass is 281 g/mol. The zero-order valence-electron chi connectivity index (χ0n) is 12.5. The van der Waals surface area contributed by atoms with Crippen molar-refractivity contribution in [3.8, 4) is 0 Å². The van der Waals surface area contributed by atoms with Gasteiger partial charge in [0.15, 0.2) is 0 Å². The summed E-state index contributed by atoms with van der Waals surface area (Å²) in [6.07, 6.45) is 3.58. The molecule has 3 aromatic rings. The average Bonchev–Trinajstić information content (AvgIpc) is 2.81. The van der Waals surface area contributed by atoms with Crippen molar-refractivity contribution < 1.29 is 4.42 Å². The number of aryl methyl sites for hydroxylation is 2. The van der Waals surface area contributed by atoms with Crippen LogP contribution in [0.3, 0.4) is 0 Å². The van der Waals surface area contributed by atoms with Crippen LogP contribution in [0.5, 0.6) is 0 Å². The van der Waals surface area contributed by atoms with E-state index in [1.807, 2.05) is 32.0 Å². The first-order chi connectivity index (χ1) is 10.1. The maximum absolute atomic E-state index is 6.01. The van der Waals surface area contributed by atoms with Crippen LogP contribution < -0.4 is 11.1 Å². The number of fused-ring (bicyclic) bond motifs is 1. The lowest BCUT2D eigenvalue weighted by molar-refractivity contribution is 0.500. The summed E-state index contributed by atoms with van der Waals surface area (Å²) < 4.78 is 5.61. The molecule has 0 radical (unpaired) electrons. The zero-order valence-corrected chi connectivity index (χ0v) is 12.5. The number of nitrogens with two attached hydrogens (primary N) is 1. The van der Waals surface area contributed by atoms with Gasteiger partial charge in [-0.1, -0.05) is 0 Å². The van der Waals surface area contributed by atoms with Crippen LogP contribution in [0.15, 0.2) is 41.1 Å². The molecular formula is C17H19N3O. The van der Waals surface area contributed by atoms with Crippen molar-refractivity contribution in [3.05, 3.63) is 53.7 Å². The SMILES string of the molecule is Cc1cc(C(C)Nc2ccc(N)c3cnccc23)c(C)o1. The summed E-state index contributed by atoms with van der Waals surface area (Å²) in [7, 11) is 0. The number of hydrogen-bond acceptors (Lipinski definition) is 4. The van der Waals surface area contributed by atoms with Crippen molar-refractivity contribution in [2.24, 2.45) is 0 Å². The Hall–Kier alpha value is -2.49. The fraction of sp³-hybridized carbons (Fsp3) is 0.235. The number of furan rings is 1. The first kappa shape index (κ1) is 13.5. The number of nitrogens with one attached hydrogen (secondary N) is 1. The van der Waals surface area contributed by atoms with Crippen molar-refractivity contribution in [1.29, 1.82) is 0 Å². The molecule has 108 valence electrons. The Balaban J connectivity index is 1.99. The van der Waals surface area contributed by atoms with Crippen molar-refractivity contribution in [3.63, 3.8) is 0 Å². The second kappa shape index (κ2) is 5.13. The Morgan fingerprint density at radius 3 is 2.71 bits per heavy atom. The lowest BCUT2D eigenvalue weighted by Gasteiger charge is -2.17. The van der Waals surface area contributed by atoms with Gasteiger partial charge in [0.25, 0.3) is 0 Å². The molecule has 0 saturated heterocycles. The van der Waals surface area contributed by atoms with Crippen LogP contribution in [-0.4, -0.2) is 4.98 Å². The van der Waals surface area contributed by atoms with E-state index in [9.17, 15) is 0 Å². The Morgan fingerprint density at radius 1 is 1.19 bits per heavy atom. The normalized spacial score (nSPS) is 12.5. The molecule has 0 aliphatic carbocycles. The van der Waals surface area contributed by atoms with E-state index in [1.165, 1.54) is 5.56 Å². The van der Waals surface area contributed by atoms with Crippen LogP contribution in [0.4, 0.5) is 11.4 Å². The molecule has 0 saturated carbocycles. The van der Waals surface area contributed by atoms with E-state index in [0.717, 1.165) is 33.7 Å². The van der Waals surface area contributed by atoms with Gasteiger partial charge in [-0.2, -0.15) is 0 Å². The van der Waals surface area contributed by atoms with E-state index < -0.39 is 0 Å². The molecule has 2 aromatic heterocycles. The van der Waals surface area contributed by atoms with Gasteiger partial charge in [-0.25, -0.2) is 0 Å². The highest BCUT2D eigenvalue weighted by atomic mass is 16.3. The van der Waals surface area contributed by atoms with Gasteiger partial charge >= 0.3 is 0 Å². The third kappa shape index (κ3) is 2.44. The minimum Gasteiger partial charge on any atom is -0.466 e. The first-order valence-corrected chi connectivity index (χ1v) is 7.02. The minimum atomic E-state index is 0.155. The number of rotatable bonds is 3. The Labute approximate surface area is 124 Å². The van der Waals surface area contributed by atoms with E-state index >= 15 is 0 Å². The largest absolute Gasteiger partial charge is 0.466 e. The predicted molar refractivity (Wildman–Crippen MR) is 86.4 cm³/mol. The highest BCUT2D eigenvalue weighted by Crippen LogP contribution is 2.31. The smallest absolute Gasteiger partial charge is 0.106 e. The van der Waals surface area contributed by atoms with Crippen LogP contribution in [0, 0.1) is 13.8 Å². The number of aromatic nitrogens is 1. The first-order valence-electron chi connectivity index (χ1n) is 7.02. The average molecular weight is 281 g/mol. The van der Waals surface area contributed by atoms with Crippen LogP contribution >= 0.6 is 0 Å². The molecule has 1 atom stereocenters. The number of nitrogen functional groups attached to an aromatic ring is 1. The van der Waals surface area contributed by atoms with Gasteiger partial charge < -0.3 is 15.5 Å². The predicted octanol–water partition coefficient (Wildman–Crippen LogP) is 4.20. The van der Waals surface area contributed by atoms with Gasteiger partial charge in [0, 0.05) is 40.1 Å². The van der Waals surface area contributed by atoms with E-state index in [0.29, 0.717) is 0 Å². The molecule has 2 heterocycles. The second-order valence-corrected chi connectivity index (χ2v) is 5.36. The van der Waals surface area contributed by atoms with Crippen molar-refractivity contribution in [1.82, 2.24) is 4.98 Å². The Kier molecular flexibility index (Phi) is 3.29. The number of hydrogen-bond donors (Lipinski definition) is 2. The maximum atomic E-state index is 6.01. The molecule has 0 fully saturated rings. The highest BCUT2D eigenvalue weighted by molar-refractivity contribution is 6.00. The summed E-state index contributed by atoms with van der Waals surface area (Å²) >= 11 is 0. The van der Waals surface area contributed by atoms with Crippen molar-refractivity contribution in [2.45, 2.75) is 26.8 Å². The van der Waals surface area contributed by atoms with E-state index in [4.69, 9.17) is 10.2 Å². The number of anilines is 2.